The van der Waals surface area contributed by atoms with Gasteiger partial charge in [-0.3, -0.25) is 14.4 Å². The van der Waals surface area contributed by atoms with Gasteiger partial charge in [0.15, 0.2) is 0 Å². The number of nitrogens with one attached hydrogen (secondary N) is 1. The van der Waals surface area contributed by atoms with E-state index in [-0.39, 0.29) is 30.3 Å². The molecule has 3 amide bonds. The Morgan fingerprint density at radius 2 is 1.92 bits per heavy atom. The molecule has 1 aliphatic heterocycles. The number of hydrogen-bond donors (Lipinski definition) is 1. The second kappa shape index (κ2) is 7.81. The van der Waals surface area contributed by atoms with Crippen molar-refractivity contribution in [3.05, 3.63) is 29.8 Å². The number of piperazine rings is 1. The van der Waals surface area contributed by atoms with Crippen LogP contribution in [0.15, 0.2) is 24.3 Å². The minimum Gasteiger partial charge on any atom is -0.496 e. The van der Waals surface area contributed by atoms with E-state index in [4.69, 9.17) is 4.74 Å². The van der Waals surface area contributed by atoms with Crippen molar-refractivity contribution in [1.82, 2.24) is 15.1 Å². The fourth-order valence-electron chi connectivity index (χ4n) is 2.88. The lowest BCUT2D eigenvalue weighted by Gasteiger charge is -2.41. The van der Waals surface area contributed by atoms with Gasteiger partial charge in [0.05, 0.1) is 19.7 Å². The van der Waals surface area contributed by atoms with Crippen molar-refractivity contribution in [1.29, 1.82) is 0 Å². The van der Waals surface area contributed by atoms with Gasteiger partial charge in [-0.1, -0.05) is 18.2 Å². The van der Waals surface area contributed by atoms with Gasteiger partial charge in [0.2, 0.25) is 17.7 Å². The van der Waals surface area contributed by atoms with E-state index >= 15 is 0 Å². The minimum absolute atomic E-state index is 0.0242. The first-order valence-corrected chi connectivity index (χ1v) is 7.86. The maximum Gasteiger partial charge on any atom is 0.242 e. The quantitative estimate of drug-likeness (QED) is 0.873. The van der Waals surface area contributed by atoms with Crippen LogP contribution in [0.3, 0.4) is 0 Å². The molecule has 0 spiro atoms. The van der Waals surface area contributed by atoms with Crippen molar-refractivity contribution in [3.8, 4) is 5.75 Å². The highest BCUT2D eigenvalue weighted by Crippen LogP contribution is 2.32. The molecule has 1 atom stereocenters. The molecule has 0 bridgehead atoms. The molecule has 0 radical (unpaired) electrons. The molecule has 0 aliphatic carbocycles. The number of amides is 3. The normalized spacial score (nSPS) is 17.4. The molecule has 1 fully saturated rings. The van der Waals surface area contributed by atoms with Crippen molar-refractivity contribution < 1.29 is 19.1 Å². The number of benzene rings is 1. The first-order chi connectivity index (χ1) is 11.4. The number of para-hydroxylation sites is 1. The van der Waals surface area contributed by atoms with Crippen LogP contribution in [0.25, 0.3) is 0 Å². The molecular formula is C17H23N3O4. The van der Waals surface area contributed by atoms with Crippen LogP contribution in [0.5, 0.6) is 5.75 Å². The third-order valence-corrected chi connectivity index (χ3v) is 4.13. The number of carbonyl (C=O) groups is 3. The zero-order valence-corrected chi connectivity index (χ0v) is 14.2. The smallest absolute Gasteiger partial charge is 0.242 e. The molecule has 0 unspecified atom stereocenters. The molecule has 0 saturated carbocycles. The highest BCUT2D eigenvalue weighted by atomic mass is 16.5. The lowest BCUT2D eigenvalue weighted by atomic mass is 10.0. The highest BCUT2D eigenvalue weighted by molar-refractivity contribution is 5.84. The molecular weight excluding hydrogens is 310 g/mol. The fourth-order valence-corrected chi connectivity index (χ4v) is 2.88. The summed E-state index contributed by atoms with van der Waals surface area (Å²) in [5.74, 6) is 0.220. The van der Waals surface area contributed by atoms with Gasteiger partial charge in [-0.25, -0.2) is 0 Å². The standard InChI is InChI=1S/C17H23N3O4/c1-12(21)18-10-17(23)20-9-8-19(13(2)22)11-15(20)14-6-4-5-7-16(14)24-3/h4-7,15H,8-11H2,1-3H3,(H,18,21)/t15-/m1/s1. The summed E-state index contributed by atoms with van der Waals surface area (Å²) in [5.41, 5.74) is 0.849. The molecule has 1 N–H and O–H groups in total. The molecule has 24 heavy (non-hydrogen) atoms. The van der Waals surface area contributed by atoms with E-state index in [1.165, 1.54) is 13.8 Å². The van der Waals surface area contributed by atoms with Crippen molar-refractivity contribution in [3.63, 3.8) is 0 Å². The van der Waals surface area contributed by atoms with Crippen LogP contribution in [0.4, 0.5) is 0 Å². The van der Waals surface area contributed by atoms with Crippen LogP contribution in [-0.2, 0) is 14.4 Å². The van der Waals surface area contributed by atoms with Gasteiger partial charge in [0, 0.05) is 39.0 Å². The maximum atomic E-state index is 12.5. The van der Waals surface area contributed by atoms with Crippen LogP contribution < -0.4 is 10.1 Å². The first kappa shape index (κ1) is 17.8. The Morgan fingerprint density at radius 1 is 1.21 bits per heavy atom. The monoisotopic (exact) mass is 333 g/mol. The predicted octanol–water partition coefficient (Wildman–Crippen LogP) is 0.563. The van der Waals surface area contributed by atoms with Gasteiger partial charge >= 0.3 is 0 Å². The van der Waals surface area contributed by atoms with Crippen molar-refractivity contribution >= 4 is 17.7 Å². The molecule has 1 aromatic carbocycles. The SMILES string of the molecule is COc1ccccc1[C@H]1CN(C(C)=O)CCN1C(=O)CNC(C)=O. The second-order valence-electron chi connectivity index (χ2n) is 5.72. The third-order valence-electron chi connectivity index (χ3n) is 4.13. The Morgan fingerprint density at radius 3 is 2.54 bits per heavy atom. The van der Waals surface area contributed by atoms with E-state index in [0.29, 0.717) is 25.4 Å². The van der Waals surface area contributed by atoms with E-state index in [0.717, 1.165) is 5.56 Å². The summed E-state index contributed by atoms with van der Waals surface area (Å²) in [7, 11) is 1.58. The van der Waals surface area contributed by atoms with Crippen molar-refractivity contribution in [2.75, 3.05) is 33.3 Å². The summed E-state index contributed by atoms with van der Waals surface area (Å²) in [4.78, 5) is 38.8. The first-order valence-electron chi connectivity index (χ1n) is 7.86. The van der Waals surface area contributed by atoms with Gasteiger partial charge in [0.1, 0.15) is 5.75 Å². The molecule has 1 aromatic rings. The number of nitrogens with zero attached hydrogens (tertiary/aromatic N) is 2. The van der Waals surface area contributed by atoms with Crippen LogP contribution in [0.1, 0.15) is 25.5 Å². The Bertz CT molecular complexity index is 632. The largest absolute Gasteiger partial charge is 0.496 e. The zero-order chi connectivity index (χ0) is 17.7. The minimum atomic E-state index is -0.306. The van der Waals surface area contributed by atoms with Gasteiger partial charge < -0.3 is 19.9 Å². The predicted molar refractivity (Wildman–Crippen MR) is 88.4 cm³/mol. The summed E-state index contributed by atoms with van der Waals surface area (Å²) in [6.45, 7) is 4.14. The second-order valence-corrected chi connectivity index (χ2v) is 5.72. The molecule has 7 heteroatoms. The van der Waals surface area contributed by atoms with Crippen LogP contribution in [-0.4, -0.2) is 60.8 Å². The molecule has 1 heterocycles. The fraction of sp³-hybridized carbons (Fsp3) is 0.471. The maximum absolute atomic E-state index is 12.5. The summed E-state index contributed by atoms with van der Waals surface area (Å²) in [5, 5.41) is 2.54. The Kier molecular flexibility index (Phi) is 5.78. The molecule has 1 aliphatic rings. The number of hydrogen-bond acceptors (Lipinski definition) is 4. The van der Waals surface area contributed by atoms with Crippen molar-refractivity contribution in [2.45, 2.75) is 19.9 Å². The average molecular weight is 333 g/mol. The zero-order valence-electron chi connectivity index (χ0n) is 14.2. The van der Waals surface area contributed by atoms with Gasteiger partial charge in [-0.2, -0.15) is 0 Å². The summed E-state index contributed by atoms with van der Waals surface area (Å²) in [6, 6.07) is 7.16. The van der Waals surface area contributed by atoms with Gasteiger partial charge in [-0.05, 0) is 6.07 Å². The van der Waals surface area contributed by atoms with E-state index in [1.54, 1.807) is 16.9 Å². The van der Waals surface area contributed by atoms with Crippen LogP contribution in [0, 0.1) is 0 Å². The van der Waals surface area contributed by atoms with E-state index in [9.17, 15) is 14.4 Å². The lowest BCUT2D eigenvalue weighted by molar-refractivity contribution is -0.142. The molecule has 2 rings (SSSR count). The van der Waals surface area contributed by atoms with E-state index in [2.05, 4.69) is 5.32 Å². The number of methoxy groups -OCH3 is 1. The van der Waals surface area contributed by atoms with E-state index < -0.39 is 0 Å². The summed E-state index contributed by atoms with van der Waals surface area (Å²) >= 11 is 0. The molecule has 130 valence electrons. The highest BCUT2D eigenvalue weighted by Gasteiger charge is 2.33. The lowest BCUT2D eigenvalue weighted by Crippen LogP contribution is -2.53. The topological polar surface area (TPSA) is 79.0 Å². The molecule has 1 saturated heterocycles. The van der Waals surface area contributed by atoms with Gasteiger partial charge in [0.25, 0.3) is 0 Å². The molecule has 7 nitrogen and oxygen atoms in total. The Hall–Kier alpha value is -2.57. The third kappa shape index (κ3) is 4.04. The average Bonchev–Trinajstić information content (AvgIpc) is 2.58. The summed E-state index contributed by atoms with van der Waals surface area (Å²) in [6.07, 6.45) is 0. The number of ether oxygens (including phenoxy) is 1. The van der Waals surface area contributed by atoms with Gasteiger partial charge in [-0.15, -0.1) is 0 Å². The van der Waals surface area contributed by atoms with Crippen LogP contribution >= 0.6 is 0 Å². The Balaban J connectivity index is 2.29. The molecule has 0 aromatic heterocycles. The number of rotatable bonds is 4. The van der Waals surface area contributed by atoms with Crippen molar-refractivity contribution in [2.24, 2.45) is 0 Å². The Labute approximate surface area is 141 Å². The summed E-state index contributed by atoms with van der Waals surface area (Å²) < 4.78 is 5.41. The van der Waals surface area contributed by atoms with Crippen LogP contribution in [0.2, 0.25) is 0 Å². The van der Waals surface area contributed by atoms with E-state index in [1.807, 2.05) is 24.3 Å². The number of carbonyl (C=O) groups excluding carboxylic acids is 3.